The van der Waals surface area contributed by atoms with Gasteiger partial charge in [-0.3, -0.25) is 9.59 Å². The minimum atomic E-state index is -0.327. The van der Waals surface area contributed by atoms with Gasteiger partial charge in [-0.1, -0.05) is 19.9 Å². The average Bonchev–Trinajstić information content (AvgIpc) is 2.52. The molecule has 1 heterocycles. The Bertz CT molecular complexity index is 450. The third-order valence-corrected chi connectivity index (χ3v) is 3.47. The molecule has 132 valence electrons. The first-order valence-corrected chi connectivity index (χ1v) is 7.91. The molecule has 1 atom stereocenters. The fourth-order valence-corrected chi connectivity index (χ4v) is 2.13. The van der Waals surface area contributed by atoms with Gasteiger partial charge in [0.1, 0.15) is 6.10 Å². The first-order valence-electron chi connectivity index (χ1n) is 7.91. The Balaban J connectivity index is 0.000000422. The lowest BCUT2D eigenvalue weighted by Crippen LogP contribution is -2.43. The first-order chi connectivity index (χ1) is 10.7. The number of rotatable bonds is 6. The van der Waals surface area contributed by atoms with Crippen LogP contribution in [-0.4, -0.2) is 56.5 Å². The first kappa shape index (κ1) is 21.3. The largest absolute Gasteiger partial charge is 0.381 e. The predicted octanol–water partition coefficient (Wildman–Crippen LogP) is 1.23. The number of Topliss-reactive ketones (excluding diaryl/α,β-unsaturated/α-hetero) is 1. The van der Waals surface area contributed by atoms with Gasteiger partial charge in [-0.05, 0) is 25.8 Å². The number of hydrogen-bond donors (Lipinski definition) is 2. The molecule has 6 nitrogen and oxygen atoms in total. The molecule has 1 aliphatic heterocycles. The number of nitrogens with two attached hydrogens (primary N) is 1. The van der Waals surface area contributed by atoms with E-state index >= 15 is 0 Å². The maximum Gasteiger partial charge on any atom is 0.246 e. The molecule has 1 amide bonds. The van der Waals surface area contributed by atoms with Gasteiger partial charge in [0, 0.05) is 38.5 Å². The van der Waals surface area contributed by atoms with Gasteiger partial charge in [0.2, 0.25) is 5.91 Å². The van der Waals surface area contributed by atoms with Crippen LogP contribution >= 0.6 is 0 Å². The van der Waals surface area contributed by atoms with Crippen LogP contribution in [0.4, 0.5) is 0 Å². The van der Waals surface area contributed by atoms with Crippen molar-refractivity contribution in [1.29, 1.82) is 0 Å². The molecule has 1 aliphatic rings. The number of hydrogen-bond acceptors (Lipinski definition) is 5. The zero-order valence-corrected chi connectivity index (χ0v) is 15.1. The van der Waals surface area contributed by atoms with Crippen molar-refractivity contribution in [1.82, 2.24) is 10.2 Å². The van der Waals surface area contributed by atoms with E-state index in [1.165, 1.54) is 0 Å². The molecule has 3 N–H and O–H groups in total. The molecule has 0 aromatic carbocycles. The molecule has 0 radical (unpaired) electrons. The van der Waals surface area contributed by atoms with E-state index in [-0.39, 0.29) is 17.8 Å². The standard InChI is InChI=1S/C9H18N2O.C8H13NO2/c1-5-6-8(11(3)4)7(2)9(10)12;1-6(2)8(10)7-5-9-3-4-11-7/h5-6H2,1-4H3,(H2,10,12);7,9H,1,3-5H2,2H3/b8-7+;. The summed E-state index contributed by atoms with van der Waals surface area (Å²) in [6.45, 7) is 11.2. The molecular weight excluding hydrogens is 294 g/mol. The van der Waals surface area contributed by atoms with Crippen molar-refractivity contribution >= 4 is 11.7 Å². The van der Waals surface area contributed by atoms with Gasteiger partial charge in [0.15, 0.2) is 5.78 Å². The number of allylic oxidation sites excluding steroid dienone is 1. The minimum absolute atomic E-state index is 0.0113. The van der Waals surface area contributed by atoms with Crippen LogP contribution in [0.25, 0.3) is 0 Å². The van der Waals surface area contributed by atoms with E-state index in [1.807, 2.05) is 19.0 Å². The van der Waals surface area contributed by atoms with Crippen LogP contribution < -0.4 is 11.1 Å². The van der Waals surface area contributed by atoms with Gasteiger partial charge >= 0.3 is 0 Å². The number of ether oxygens (including phenoxy) is 1. The number of primary amides is 1. The third kappa shape index (κ3) is 7.95. The van der Waals surface area contributed by atoms with E-state index in [2.05, 4.69) is 18.8 Å². The number of nitrogens with zero attached hydrogens (tertiary/aromatic N) is 1. The zero-order valence-electron chi connectivity index (χ0n) is 15.1. The summed E-state index contributed by atoms with van der Waals surface area (Å²) in [5, 5.41) is 3.08. The summed E-state index contributed by atoms with van der Waals surface area (Å²) in [7, 11) is 3.86. The monoisotopic (exact) mass is 325 g/mol. The lowest BCUT2D eigenvalue weighted by Gasteiger charge is -2.22. The third-order valence-electron chi connectivity index (χ3n) is 3.47. The Morgan fingerprint density at radius 3 is 2.30 bits per heavy atom. The summed E-state index contributed by atoms with van der Waals surface area (Å²) in [4.78, 5) is 24.0. The van der Waals surface area contributed by atoms with Crippen LogP contribution in [0.1, 0.15) is 33.6 Å². The van der Waals surface area contributed by atoms with Gasteiger partial charge < -0.3 is 20.7 Å². The maximum absolute atomic E-state index is 11.2. The SMILES string of the molecule is C=C(C)C(=O)C1CNCCO1.CCC/C(=C(/C)C(N)=O)N(C)C. The zero-order chi connectivity index (χ0) is 18.0. The van der Waals surface area contributed by atoms with Gasteiger partial charge in [-0.25, -0.2) is 0 Å². The second kappa shape index (κ2) is 11.0. The summed E-state index contributed by atoms with van der Waals surface area (Å²) in [6.07, 6.45) is 1.63. The van der Waals surface area contributed by atoms with E-state index < -0.39 is 0 Å². The normalized spacial score (nSPS) is 18.2. The second-order valence-electron chi connectivity index (χ2n) is 5.79. The Morgan fingerprint density at radius 1 is 1.35 bits per heavy atom. The molecule has 0 bridgehead atoms. The van der Waals surface area contributed by atoms with Crippen LogP contribution in [0.2, 0.25) is 0 Å². The Morgan fingerprint density at radius 2 is 1.96 bits per heavy atom. The lowest BCUT2D eigenvalue weighted by atomic mass is 10.1. The number of carbonyl (C=O) groups is 2. The summed E-state index contributed by atoms with van der Waals surface area (Å²) < 4.78 is 5.23. The topological polar surface area (TPSA) is 84.7 Å². The minimum Gasteiger partial charge on any atom is -0.381 e. The van der Waals surface area contributed by atoms with E-state index in [9.17, 15) is 9.59 Å². The number of amides is 1. The molecule has 0 aromatic heterocycles. The van der Waals surface area contributed by atoms with Crippen molar-refractivity contribution < 1.29 is 14.3 Å². The van der Waals surface area contributed by atoms with Crippen molar-refractivity contribution in [3.63, 3.8) is 0 Å². The van der Waals surface area contributed by atoms with E-state index in [1.54, 1.807) is 13.8 Å². The Hall–Kier alpha value is -1.66. The summed E-state index contributed by atoms with van der Waals surface area (Å²) in [6, 6.07) is 0. The molecule has 0 aliphatic carbocycles. The van der Waals surface area contributed by atoms with Crippen LogP contribution in [-0.2, 0) is 14.3 Å². The van der Waals surface area contributed by atoms with Crippen LogP contribution in [0.5, 0.6) is 0 Å². The number of ketones is 1. The summed E-state index contributed by atoms with van der Waals surface area (Å²) in [5.41, 5.74) is 7.45. The van der Waals surface area contributed by atoms with Crippen molar-refractivity contribution in [3.05, 3.63) is 23.4 Å². The van der Waals surface area contributed by atoms with Crippen molar-refractivity contribution in [3.8, 4) is 0 Å². The molecule has 23 heavy (non-hydrogen) atoms. The van der Waals surface area contributed by atoms with E-state index in [0.717, 1.165) is 25.1 Å². The van der Waals surface area contributed by atoms with Gasteiger partial charge in [-0.15, -0.1) is 0 Å². The molecule has 6 heteroatoms. The molecule has 1 unspecified atom stereocenters. The molecule has 1 rings (SSSR count). The van der Waals surface area contributed by atoms with Gasteiger partial charge in [0.05, 0.1) is 6.61 Å². The fourth-order valence-electron chi connectivity index (χ4n) is 2.13. The van der Waals surface area contributed by atoms with Crippen LogP contribution in [0.15, 0.2) is 23.4 Å². The molecule has 1 fully saturated rings. The van der Waals surface area contributed by atoms with E-state index in [0.29, 0.717) is 24.3 Å². The second-order valence-corrected chi connectivity index (χ2v) is 5.79. The highest BCUT2D eigenvalue weighted by Gasteiger charge is 2.21. The Labute approximate surface area is 139 Å². The summed E-state index contributed by atoms with van der Waals surface area (Å²) in [5.74, 6) is -0.315. The van der Waals surface area contributed by atoms with Crippen LogP contribution in [0.3, 0.4) is 0 Å². The maximum atomic E-state index is 11.2. The smallest absolute Gasteiger partial charge is 0.246 e. The number of morpholine rings is 1. The van der Waals surface area contributed by atoms with Gasteiger partial charge in [-0.2, -0.15) is 0 Å². The number of carbonyl (C=O) groups excluding carboxylic acids is 2. The molecular formula is C17H31N3O3. The molecule has 0 spiro atoms. The fraction of sp³-hybridized carbons (Fsp3) is 0.647. The highest BCUT2D eigenvalue weighted by atomic mass is 16.5. The van der Waals surface area contributed by atoms with Crippen molar-refractivity contribution in [2.24, 2.45) is 5.73 Å². The molecule has 0 aromatic rings. The highest BCUT2D eigenvalue weighted by molar-refractivity contribution is 5.97. The summed E-state index contributed by atoms with van der Waals surface area (Å²) >= 11 is 0. The van der Waals surface area contributed by atoms with Crippen molar-refractivity contribution in [2.75, 3.05) is 33.8 Å². The highest BCUT2D eigenvalue weighted by Crippen LogP contribution is 2.12. The molecule has 0 saturated carbocycles. The lowest BCUT2D eigenvalue weighted by molar-refractivity contribution is -0.128. The van der Waals surface area contributed by atoms with E-state index in [4.69, 9.17) is 10.5 Å². The quantitative estimate of drug-likeness (QED) is 0.718. The number of nitrogens with one attached hydrogen (secondary N) is 1. The van der Waals surface area contributed by atoms with Crippen LogP contribution in [0, 0.1) is 0 Å². The van der Waals surface area contributed by atoms with Gasteiger partial charge in [0.25, 0.3) is 0 Å². The van der Waals surface area contributed by atoms with Crippen molar-refractivity contribution in [2.45, 2.75) is 39.7 Å². The average molecular weight is 325 g/mol. The predicted molar refractivity (Wildman–Crippen MR) is 92.9 cm³/mol. The molecule has 1 saturated heterocycles. The Kier molecular flexibility index (Phi) is 10.2.